The van der Waals surface area contributed by atoms with Crippen molar-refractivity contribution in [2.24, 2.45) is 0 Å². The molecule has 0 saturated carbocycles. The second-order valence-corrected chi connectivity index (χ2v) is 3.37. The van der Waals surface area contributed by atoms with Crippen molar-refractivity contribution in [2.45, 2.75) is 19.8 Å². The molecule has 0 N–H and O–H groups in total. The van der Waals surface area contributed by atoms with E-state index in [9.17, 15) is 0 Å². The first-order valence-electron chi connectivity index (χ1n) is 4.99. The van der Waals surface area contributed by atoms with E-state index in [1.54, 1.807) is 6.20 Å². The van der Waals surface area contributed by atoms with Gasteiger partial charge in [-0.25, -0.2) is 4.68 Å². The first-order chi connectivity index (χ1) is 6.90. The lowest BCUT2D eigenvalue weighted by atomic mass is 10.1. The normalized spacial score (nSPS) is 10.4. The monoisotopic (exact) mass is 186 g/mol. The van der Waals surface area contributed by atoms with Crippen LogP contribution in [0.25, 0.3) is 5.69 Å². The highest BCUT2D eigenvalue weighted by molar-refractivity contribution is 5.33. The van der Waals surface area contributed by atoms with E-state index >= 15 is 0 Å². The molecule has 0 radical (unpaired) electrons. The predicted octanol–water partition coefficient (Wildman–Crippen LogP) is 2.82. The summed E-state index contributed by atoms with van der Waals surface area (Å²) in [5.74, 6) is 0. The van der Waals surface area contributed by atoms with E-state index in [2.05, 4.69) is 36.3 Å². The molecule has 2 aromatic rings. The maximum absolute atomic E-state index is 4.18. The molecule has 0 saturated heterocycles. The highest BCUT2D eigenvalue weighted by Crippen LogP contribution is 2.09. The summed E-state index contributed by atoms with van der Waals surface area (Å²) in [5.41, 5.74) is 2.51. The molecule has 0 spiro atoms. The van der Waals surface area contributed by atoms with E-state index in [-0.39, 0.29) is 0 Å². The fraction of sp³-hybridized carbons (Fsp3) is 0.250. The van der Waals surface area contributed by atoms with Gasteiger partial charge in [-0.15, -0.1) is 0 Å². The van der Waals surface area contributed by atoms with Crippen molar-refractivity contribution < 1.29 is 0 Å². The van der Waals surface area contributed by atoms with Gasteiger partial charge in [0.05, 0.1) is 5.69 Å². The molecule has 1 aromatic heterocycles. The van der Waals surface area contributed by atoms with Gasteiger partial charge < -0.3 is 0 Å². The van der Waals surface area contributed by atoms with Gasteiger partial charge in [-0.2, -0.15) is 5.10 Å². The van der Waals surface area contributed by atoms with Crippen LogP contribution in [-0.2, 0) is 6.42 Å². The fourth-order valence-corrected chi connectivity index (χ4v) is 1.53. The van der Waals surface area contributed by atoms with Crippen LogP contribution in [-0.4, -0.2) is 9.78 Å². The van der Waals surface area contributed by atoms with E-state index in [1.165, 1.54) is 12.0 Å². The molecular weight excluding hydrogens is 172 g/mol. The summed E-state index contributed by atoms with van der Waals surface area (Å²) in [6.45, 7) is 2.20. The summed E-state index contributed by atoms with van der Waals surface area (Å²) in [4.78, 5) is 0. The molecule has 2 heteroatoms. The number of aromatic nitrogens is 2. The third kappa shape index (κ3) is 1.84. The van der Waals surface area contributed by atoms with Crippen LogP contribution in [0.1, 0.15) is 18.9 Å². The maximum Gasteiger partial charge on any atom is 0.0645 e. The molecule has 0 bridgehead atoms. The minimum absolute atomic E-state index is 1.12. The lowest BCUT2D eigenvalue weighted by Gasteiger charge is -2.02. The molecule has 14 heavy (non-hydrogen) atoms. The van der Waals surface area contributed by atoms with E-state index in [1.807, 2.05) is 16.9 Å². The Morgan fingerprint density at radius 2 is 2.00 bits per heavy atom. The van der Waals surface area contributed by atoms with Crippen molar-refractivity contribution in [3.8, 4) is 5.69 Å². The highest BCUT2D eigenvalue weighted by atomic mass is 15.3. The van der Waals surface area contributed by atoms with Gasteiger partial charge in [0.15, 0.2) is 0 Å². The van der Waals surface area contributed by atoms with Gasteiger partial charge in [0, 0.05) is 12.4 Å². The summed E-state index contributed by atoms with van der Waals surface area (Å²) in [6, 6.07) is 10.5. The molecule has 0 aliphatic rings. The fourth-order valence-electron chi connectivity index (χ4n) is 1.53. The van der Waals surface area contributed by atoms with Crippen LogP contribution in [0.3, 0.4) is 0 Å². The Bertz CT molecular complexity index is 373. The van der Waals surface area contributed by atoms with E-state index in [4.69, 9.17) is 0 Å². The standard InChI is InChI=1S/C12H14N2/c1-2-4-11-5-7-12(8-6-11)14-10-3-9-13-14/h3,5-10H,2,4H2,1H3. The second kappa shape index (κ2) is 4.09. The van der Waals surface area contributed by atoms with Gasteiger partial charge in [-0.3, -0.25) is 0 Å². The topological polar surface area (TPSA) is 17.8 Å². The van der Waals surface area contributed by atoms with Crippen molar-refractivity contribution >= 4 is 0 Å². The Morgan fingerprint density at radius 1 is 1.21 bits per heavy atom. The summed E-state index contributed by atoms with van der Waals surface area (Å²) in [6.07, 6.45) is 6.09. The van der Waals surface area contributed by atoms with Gasteiger partial charge in [-0.1, -0.05) is 25.5 Å². The highest BCUT2D eigenvalue weighted by Gasteiger charge is 1.95. The van der Waals surface area contributed by atoms with Crippen LogP contribution in [0.5, 0.6) is 0 Å². The lowest BCUT2D eigenvalue weighted by Crippen LogP contribution is -1.94. The lowest BCUT2D eigenvalue weighted by molar-refractivity contribution is 0.874. The zero-order valence-electron chi connectivity index (χ0n) is 8.35. The zero-order valence-corrected chi connectivity index (χ0v) is 8.35. The van der Waals surface area contributed by atoms with Crippen LogP contribution in [0, 0.1) is 0 Å². The summed E-state index contributed by atoms with van der Waals surface area (Å²) < 4.78 is 1.87. The zero-order chi connectivity index (χ0) is 9.80. The van der Waals surface area contributed by atoms with Crippen molar-refractivity contribution in [1.82, 2.24) is 9.78 Å². The third-order valence-electron chi connectivity index (χ3n) is 2.24. The number of rotatable bonds is 3. The first-order valence-corrected chi connectivity index (χ1v) is 4.99. The molecule has 2 rings (SSSR count). The summed E-state index contributed by atoms with van der Waals surface area (Å²) >= 11 is 0. The number of benzene rings is 1. The molecule has 0 atom stereocenters. The Hall–Kier alpha value is -1.57. The van der Waals surface area contributed by atoms with Crippen LogP contribution in [0.4, 0.5) is 0 Å². The molecule has 0 aliphatic heterocycles. The molecule has 0 fully saturated rings. The van der Waals surface area contributed by atoms with Crippen LogP contribution < -0.4 is 0 Å². The van der Waals surface area contributed by atoms with Crippen molar-refractivity contribution in [3.63, 3.8) is 0 Å². The molecule has 0 amide bonds. The van der Waals surface area contributed by atoms with Crippen molar-refractivity contribution in [3.05, 3.63) is 48.3 Å². The Morgan fingerprint density at radius 3 is 2.57 bits per heavy atom. The minimum Gasteiger partial charge on any atom is -0.241 e. The number of nitrogens with zero attached hydrogens (tertiary/aromatic N) is 2. The van der Waals surface area contributed by atoms with Gasteiger partial charge >= 0.3 is 0 Å². The van der Waals surface area contributed by atoms with Crippen molar-refractivity contribution in [2.75, 3.05) is 0 Å². The van der Waals surface area contributed by atoms with E-state index in [0.29, 0.717) is 0 Å². The largest absolute Gasteiger partial charge is 0.241 e. The average molecular weight is 186 g/mol. The van der Waals surface area contributed by atoms with Crippen molar-refractivity contribution in [1.29, 1.82) is 0 Å². The second-order valence-electron chi connectivity index (χ2n) is 3.37. The van der Waals surface area contributed by atoms with E-state index < -0.39 is 0 Å². The van der Waals surface area contributed by atoms with Gasteiger partial charge in [0.25, 0.3) is 0 Å². The molecule has 72 valence electrons. The molecule has 0 aliphatic carbocycles. The summed E-state index contributed by atoms with van der Waals surface area (Å²) in [5, 5.41) is 4.18. The van der Waals surface area contributed by atoms with Crippen LogP contribution in [0.2, 0.25) is 0 Å². The maximum atomic E-state index is 4.18. The SMILES string of the molecule is CCCc1ccc(-n2cccn2)cc1. The van der Waals surface area contributed by atoms with Crippen LogP contribution >= 0.6 is 0 Å². The Balaban J connectivity index is 2.22. The number of aryl methyl sites for hydroxylation is 1. The Labute approximate surface area is 84.2 Å². The van der Waals surface area contributed by atoms with Gasteiger partial charge in [0.2, 0.25) is 0 Å². The third-order valence-corrected chi connectivity index (χ3v) is 2.24. The number of hydrogen-bond acceptors (Lipinski definition) is 1. The number of hydrogen-bond donors (Lipinski definition) is 0. The van der Waals surface area contributed by atoms with Crippen LogP contribution in [0.15, 0.2) is 42.7 Å². The van der Waals surface area contributed by atoms with Gasteiger partial charge in [0.1, 0.15) is 0 Å². The molecule has 2 nitrogen and oxygen atoms in total. The average Bonchev–Trinajstić information content (AvgIpc) is 2.72. The van der Waals surface area contributed by atoms with Gasteiger partial charge in [-0.05, 0) is 30.2 Å². The quantitative estimate of drug-likeness (QED) is 0.720. The molecule has 1 aromatic carbocycles. The Kier molecular flexibility index (Phi) is 2.63. The molecule has 0 unspecified atom stereocenters. The smallest absolute Gasteiger partial charge is 0.0645 e. The first kappa shape index (κ1) is 9.00. The minimum atomic E-state index is 1.12. The predicted molar refractivity (Wildman–Crippen MR) is 57.6 cm³/mol. The van der Waals surface area contributed by atoms with E-state index in [0.717, 1.165) is 12.1 Å². The summed E-state index contributed by atoms with van der Waals surface area (Å²) in [7, 11) is 0. The molecular formula is C12H14N2. The molecule has 1 heterocycles.